The highest BCUT2D eigenvalue weighted by molar-refractivity contribution is 6.30. The zero-order valence-corrected chi connectivity index (χ0v) is 12.7. The molecule has 23 heavy (non-hydrogen) atoms. The summed E-state index contributed by atoms with van der Waals surface area (Å²) in [5, 5.41) is 18.4. The van der Waals surface area contributed by atoms with Crippen molar-refractivity contribution in [2.75, 3.05) is 7.11 Å². The summed E-state index contributed by atoms with van der Waals surface area (Å²) in [4.78, 5) is 14.9. The van der Waals surface area contributed by atoms with Crippen molar-refractivity contribution >= 4 is 17.3 Å². The number of ether oxygens (including phenoxy) is 1. The van der Waals surface area contributed by atoms with E-state index < -0.39 is 4.92 Å². The van der Waals surface area contributed by atoms with E-state index in [4.69, 9.17) is 16.3 Å². The average Bonchev–Trinajstić information content (AvgIpc) is 3.04. The van der Waals surface area contributed by atoms with E-state index in [-0.39, 0.29) is 5.69 Å². The maximum Gasteiger partial charge on any atom is 0.270 e. The van der Waals surface area contributed by atoms with Crippen LogP contribution in [0.5, 0.6) is 5.75 Å². The normalized spacial score (nSPS) is 10.5. The summed E-state index contributed by atoms with van der Waals surface area (Å²) in [6.45, 7) is 0. The summed E-state index contributed by atoms with van der Waals surface area (Å²) in [6.07, 6.45) is 0. The number of halogens is 1. The van der Waals surface area contributed by atoms with E-state index in [1.54, 1.807) is 18.2 Å². The molecule has 0 unspecified atom stereocenters. The Morgan fingerprint density at radius 3 is 2.78 bits per heavy atom. The molecular weight excluding hydrogens is 320 g/mol. The molecule has 0 radical (unpaired) electrons. The number of aromatic nitrogens is 3. The molecule has 116 valence electrons. The van der Waals surface area contributed by atoms with Crippen molar-refractivity contribution in [3.63, 3.8) is 0 Å². The van der Waals surface area contributed by atoms with Crippen LogP contribution in [0.2, 0.25) is 5.02 Å². The minimum absolute atomic E-state index is 0.0542. The van der Waals surface area contributed by atoms with Crippen molar-refractivity contribution in [1.29, 1.82) is 0 Å². The Balaban J connectivity index is 2.06. The predicted octanol–water partition coefficient (Wildman–Crippen LogP) is 3.71. The van der Waals surface area contributed by atoms with Gasteiger partial charge in [0.25, 0.3) is 5.69 Å². The summed E-state index contributed by atoms with van der Waals surface area (Å²) >= 11 is 5.96. The van der Waals surface area contributed by atoms with E-state index in [2.05, 4.69) is 15.2 Å². The second-order valence-electron chi connectivity index (χ2n) is 4.66. The zero-order chi connectivity index (χ0) is 16.4. The van der Waals surface area contributed by atoms with Gasteiger partial charge in [0.05, 0.1) is 17.6 Å². The average molecular weight is 331 g/mol. The summed E-state index contributed by atoms with van der Waals surface area (Å²) in [7, 11) is 1.49. The van der Waals surface area contributed by atoms with Gasteiger partial charge >= 0.3 is 0 Å². The molecular formula is C15H11ClN4O3. The van der Waals surface area contributed by atoms with E-state index >= 15 is 0 Å². The lowest BCUT2D eigenvalue weighted by atomic mass is 10.1. The maximum atomic E-state index is 11.0. The standard InChI is InChI=1S/C15H11ClN4O3/c1-23-13-6-5-11(20(21)22)8-12(13)15-17-14(18-19-15)9-3-2-4-10(16)7-9/h2-8H,1H3,(H,17,18,19). The van der Waals surface area contributed by atoms with Crippen LogP contribution in [-0.2, 0) is 0 Å². The number of nitrogens with one attached hydrogen (secondary N) is 1. The molecule has 0 amide bonds. The van der Waals surface area contributed by atoms with Crippen LogP contribution in [0.1, 0.15) is 0 Å². The van der Waals surface area contributed by atoms with Gasteiger partial charge in [-0.3, -0.25) is 15.2 Å². The molecule has 0 spiro atoms. The smallest absolute Gasteiger partial charge is 0.270 e. The van der Waals surface area contributed by atoms with Crippen LogP contribution < -0.4 is 4.74 Å². The summed E-state index contributed by atoms with van der Waals surface area (Å²) in [5.41, 5.74) is 1.15. The molecule has 0 aliphatic carbocycles. The Morgan fingerprint density at radius 1 is 1.26 bits per heavy atom. The third-order valence-corrected chi connectivity index (χ3v) is 3.45. The topological polar surface area (TPSA) is 93.9 Å². The van der Waals surface area contributed by atoms with Crippen molar-refractivity contribution in [1.82, 2.24) is 15.2 Å². The van der Waals surface area contributed by atoms with Gasteiger partial charge in [0.15, 0.2) is 11.6 Å². The number of rotatable bonds is 4. The molecule has 3 rings (SSSR count). The fourth-order valence-electron chi connectivity index (χ4n) is 2.13. The van der Waals surface area contributed by atoms with Crippen LogP contribution in [-0.4, -0.2) is 27.2 Å². The van der Waals surface area contributed by atoms with Crippen molar-refractivity contribution in [3.05, 3.63) is 57.6 Å². The highest BCUT2D eigenvalue weighted by Gasteiger charge is 2.16. The Bertz CT molecular complexity index is 879. The quantitative estimate of drug-likeness (QED) is 0.581. The highest BCUT2D eigenvalue weighted by atomic mass is 35.5. The number of nitro benzene ring substituents is 1. The van der Waals surface area contributed by atoms with Gasteiger partial charge in [-0.25, -0.2) is 4.98 Å². The molecule has 0 bridgehead atoms. The van der Waals surface area contributed by atoms with Crippen LogP contribution in [0.15, 0.2) is 42.5 Å². The van der Waals surface area contributed by atoms with Crippen LogP contribution in [0, 0.1) is 10.1 Å². The second-order valence-corrected chi connectivity index (χ2v) is 5.10. The molecule has 1 heterocycles. The minimum Gasteiger partial charge on any atom is -0.496 e. The largest absolute Gasteiger partial charge is 0.496 e. The predicted molar refractivity (Wildman–Crippen MR) is 85.5 cm³/mol. The molecule has 1 N–H and O–H groups in total. The molecule has 0 aliphatic heterocycles. The molecule has 2 aromatic carbocycles. The lowest BCUT2D eigenvalue weighted by molar-refractivity contribution is -0.384. The zero-order valence-electron chi connectivity index (χ0n) is 12.0. The number of benzene rings is 2. The molecule has 0 fully saturated rings. The van der Waals surface area contributed by atoms with Gasteiger partial charge in [-0.1, -0.05) is 23.7 Å². The molecule has 7 nitrogen and oxygen atoms in total. The summed E-state index contributed by atoms with van der Waals surface area (Å²) in [6, 6.07) is 11.4. The van der Waals surface area contributed by atoms with Crippen LogP contribution >= 0.6 is 11.6 Å². The van der Waals surface area contributed by atoms with Gasteiger partial charge in [-0.15, -0.1) is 0 Å². The van der Waals surface area contributed by atoms with Gasteiger partial charge in [0.2, 0.25) is 0 Å². The Kier molecular flexibility index (Phi) is 3.94. The van der Waals surface area contributed by atoms with E-state index in [9.17, 15) is 10.1 Å². The van der Waals surface area contributed by atoms with Crippen LogP contribution in [0.3, 0.4) is 0 Å². The van der Waals surface area contributed by atoms with Crippen molar-refractivity contribution < 1.29 is 9.66 Å². The molecule has 0 saturated carbocycles. The highest BCUT2D eigenvalue weighted by Crippen LogP contribution is 2.32. The van der Waals surface area contributed by atoms with Crippen LogP contribution in [0.4, 0.5) is 5.69 Å². The monoisotopic (exact) mass is 330 g/mol. The minimum atomic E-state index is -0.475. The lowest BCUT2D eigenvalue weighted by Crippen LogP contribution is -1.93. The second kappa shape index (κ2) is 6.05. The van der Waals surface area contributed by atoms with Crippen molar-refractivity contribution in [3.8, 4) is 28.5 Å². The molecule has 3 aromatic rings. The fourth-order valence-corrected chi connectivity index (χ4v) is 2.32. The first-order chi connectivity index (χ1) is 11.1. The molecule has 0 saturated heterocycles. The Labute approximate surface area is 136 Å². The Hall–Kier alpha value is -2.93. The third-order valence-electron chi connectivity index (χ3n) is 3.22. The Morgan fingerprint density at radius 2 is 2.09 bits per heavy atom. The van der Waals surface area contributed by atoms with E-state index in [0.29, 0.717) is 28.0 Å². The number of hydrogen-bond acceptors (Lipinski definition) is 5. The van der Waals surface area contributed by atoms with E-state index in [0.717, 1.165) is 5.56 Å². The number of non-ortho nitro benzene ring substituents is 1. The molecule has 8 heteroatoms. The first kappa shape index (κ1) is 15.0. The maximum absolute atomic E-state index is 11.0. The molecule has 1 aromatic heterocycles. The number of methoxy groups -OCH3 is 1. The van der Waals surface area contributed by atoms with Gasteiger partial charge in [-0.2, -0.15) is 5.10 Å². The van der Waals surface area contributed by atoms with Gasteiger partial charge in [0, 0.05) is 22.7 Å². The van der Waals surface area contributed by atoms with Gasteiger partial charge in [-0.05, 0) is 18.2 Å². The summed E-state index contributed by atoms with van der Waals surface area (Å²) < 4.78 is 5.24. The number of aromatic amines is 1. The first-order valence-electron chi connectivity index (χ1n) is 6.59. The molecule has 0 aliphatic rings. The first-order valence-corrected chi connectivity index (χ1v) is 6.97. The lowest BCUT2D eigenvalue weighted by Gasteiger charge is -2.05. The number of nitrogens with zero attached hydrogens (tertiary/aromatic N) is 3. The van der Waals surface area contributed by atoms with Gasteiger partial charge < -0.3 is 4.74 Å². The number of hydrogen-bond donors (Lipinski definition) is 1. The number of H-pyrrole nitrogens is 1. The van der Waals surface area contributed by atoms with Crippen LogP contribution in [0.25, 0.3) is 22.8 Å². The van der Waals surface area contributed by atoms with E-state index in [1.165, 1.54) is 25.3 Å². The SMILES string of the molecule is COc1ccc([N+](=O)[O-])cc1-c1nc(-c2cccc(Cl)c2)n[nH]1. The third kappa shape index (κ3) is 3.00. The number of nitro groups is 1. The van der Waals surface area contributed by atoms with Gasteiger partial charge in [0.1, 0.15) is 5.75 Å². The fraction of sp³-hybridized carbons (Fsp3) is 0.0667. The van der Waals surface area contributed by atoms with Crippen molar-refractivity contribution in [2.24, 2.45) is 0 Å². The summed E-state index contributed by atoms with van der Waals surface area (Å²) in [5.74, 6) is 1.28. The van der Waals surface area contributed by atoms with Crippen molar-refractivity contribution in [2.45, 2.75) is 0 Å². The van der Waals surface area contributed by atoms with E-state index in [1.807, 2.05) is 6.07 Å². The molecule has 0 atom stereocenters.